The lowest BCUT2D eigenvalue weighted by Gasteiger charge is -2.44. The van der Waals surface area contributed by atoms with Crippen LogP contribution >= 0.6 is 0 Å². The van der Waals surface area contributed by atoms with Crippen molar-refractivity contribution in [3.05, 3.63) is 337 Å². The van der Waals surface area contributed by atoms with E-state index in [9.17, 15) is 8.22 Å². The van der Waals surface area contributed by atoms with Gasteiger partial charge in [-0.2, -0.15) is 0 Å². The smallest absolute Gasteiger partial charge is 0.252 e. The molecule has 0 radical (unpaired) electrons. The molecule has 0 amide bonds. The van der Waals surface area contributed by atoms with E-state index in [4.69, 9.17) is 7.16 Å². The normalized spacial score (nSPS) is 14.4. The highest BCUT2D eigenvalue weighted by Crippen LogP contribution is 2.53. The highest BCUT2D eigenvalue weighted by Gasteiger charge is 2.46. The van der Waals surface area contributed by atoms with E-state index in [0.29, 0.717) is 27.9 Å². The Balaban J connectivity index is 0.944. The van der Waals surface area contributed by atoms with Crippen LogP contribution in [0.4, 0.5) is 34.1 Å². The zero-order chi connectivity index (χ0) is 90.6. The Bertz CT molecular complexity index is 7740. The summed E-state index contributed by atoms with van der Waals surface area (Å²) in [6.07, 6.45) is 0. The molecule has 2 aliphatic rings. The third kappa shape index (κ3) is 12.2. The standard InChI is InChI=1S/C114H104BN5O/c1-109(2,3)75-44-51-96-88(62-75)89-63-76(110(4,5)6)45-52-97(89)116(96)81-48-50-93-103(66-81)120(101-42-30-38-87-86-37-29-41-100(107(86)121-108(87)101)119-94-39-27-25-35-84(94)85-36-26-28-40-95(85)119)105-68-83(117-98-53-46-77(111(7,8)9)64-90(98)91-65-78(112(10,11)12)47-54-99(91)117)67-104-106(105)115(93)92-49-43-71(74-56-79(113(13,14)15)61-80(57-74)114(16,17)18)60-102(92)118(104)82-58-72(69-31-21-19-22-32-69)55-73(59-82)70-33-23-20-24-34-70/h19-68H,1-18H3/i25D,26D,27D,28D,35D,36D,39D,40D. The van der Waals surface area contributed by atoms with E-state index in [2.05, 4.69) is 380 Å². The van der Waals surface area contributed by atoms with Crippen LogP contribution in [0.15, 0.2) is 308 Å². The van der Waals surface area contributed by atoms with Gasteiger partial charge in [0.1, 0.15) is 0 Å². The molecule has 21 rings (SSSR count). The maximum atomic E-state index is 9.77. The fraction of sp³-hybridized carbons (Fsp3) is 0.211. The number of aromatic nitrogens is 3. The van der Waals surface area contributed by atoms with Gasteiger partial charge in [-0.3, -0.25) is 0 Å². The summed E-state index contributed by atoms with van der Waals surface area (Å²) in [6.45, 7) is 41.0. The molecule has 0 aliphatic carbocycles. The maximum absolute atomic E-state index is 9.77. The van der Waals surface area contributed by atoms with Crippen LogP contribution in [0.3, 0.4) is 0 Å². The summed E-state index contributed by atoms with van der Waals surface area (Å²) in [4.78, 5) is 5.04. The Morgan fingerprint density at radius 1 is 0.240 bits per heavy atom. The van der Waals surface area contributed by atoms with Crippen molar-refractivity contribution in [2.75, 3.05) is 9.80 Å². The zero-order valence-electron chi connectivity index (χ0n) is 80.5. The van der Waals surface area contributed by atoms with Gasteiger partial charge in [0.05, 0.1) is 61.1 Å². The van der Waals surface area contributed by atoms with Crippen molar-refractivity contribution in [2.45, 2.75) is 157 Å². The maximum Gasteiger partial charge on any atom is 0.252 e. The van der Waals surface area contributed by atoms with Crippen LogP contribution in [0, 0.1) is 0 Å². The number of benzene rings is 15. The number of fused-ring (bicyclic) bond motifs is 16. The van der Waals surface area contributed by atoms with Gasteiger partial charge >= 0.3 is 0 Å². The van der Waals surface area contributed by atoms with E-state index in [-0.39, 0.29) is 54.3 Å². The number of anilines is 6. The quantitative estimate of drug-likeness (QED) is 0.142. The summed E-state index contributed by atoms with van der Waals surface area (Å²) in [5.41, 5.74) is 28.9. The van der Waals surface area contributed by atoms with Crippen LogP contribution in [-0.4, -0.2) is 20.4 Å². The van der Waals surface area contributed by atoms with Gasteiger partial charge in [-0.15, -0.1) is 0 Å². The molecule has 0 saturated carbocycles. The molecular formula is C114H104BN5O. The summed E-state index contributed by atoms with van der Waals surface area (Å²) in [7, 11) is 0. The van der Waals surface area contributed by atoms with Gasteiger partial charge in [-0.25, -0.2) is 0 Å². The highest BCUT2D eigenvalue weighted by atomic mass is 16.3. The van der Waals surface area contributed by atoms with Gasteiger partial charge in [0.15, 0.2) is 11.2 Å². The zero-order valence-corrected chi connectivity index (χ0v) is 72.5. The molecule has 0 unspecified atom stereocenters. The lowest BCUT2D eigenvalue weighted by Crippen LogP contribution is -2.61. The molecule has 0 N–H and O–H groups in total. The average molecular weight is 1580 g/mol. The summed E-state index contributed by atoms with van der Waals surface area (Å²) in [5, 5.41) is 6.01. The SMILES string of the molecule is [2H]c1c([2H])c([2H])c2c(c1[2H])c1c([2H])c([2H])c([2H])c([2H])c1n2-c1cccc2c1oc1c(N3c4cc(-n5c6ccc(C(C)(C)C)cc6c6cc(C(C)(C)C)ccc65)ccc4B4c5ccc(-c6cc(C(C)(C)C)cc(C(C)(C)C)c6)cc5N(c5cc(-c6ccccc6)cc(-c6ccccc6)c5)c5cc(-n6c7ccc(C(C)(C)C)cc7c7cc(C(C)(C)C)ccc76)cc3c54)cccc12. The molecular weight excluding hydrogens is 1470 g/mol. The molecule has 0 atom stereocenters. The molecule has 594 valence electrons. The van der Waals surface area contributed by atoms with Crippen molar-refractivity contribution in [3.63, 3.8) is 0 Å². The predicted molar refractivity (Wildman–Crippen MR) is 519 cm³/mol. The number of hydrogen-bond donors (Lipinski definition) is 0. The van der Waals surface area contributed by atoms with E-state index < -0.39 is 55.1 Å². The molecule has 0 bridgehead atoms. The van der Waals surface area contributed by atoms with Crippen LogP contribution in [-0.2, 0) is 32.5 Å². The number of rotatable bonds is 8. The van der Waals surface area contributed by atoms with E-state index >= 15 is 0 Å². The molecule has 0 saturated heterocycles. The molecule has 19 aromatic rings. The van der Waals surface area contributed by atoms with Crippen LogP contribution in [0.5, 0.6) is 0 Å². The summed E-state index contributed by atoms with van der Waals surface area (Å²) in [6, 6.07) is 91.8. The molecule has 4 aromatic heterocycles. The van der Waals surface area contributed by atoms with E-state index in [1.54, 1.807) is 4.57 Å². The molecule has 0 spiro atoms. The minimum Gasteiger partial charge on any atom is -0.452 e. The lowest BCUT2D eigenvalue weighted by atomic mass is 9.33. The lowest BCUT2D eigenvalue weighted by molar-refractivity contribution is 0.569. The first kappa shape index (κ1) is 67.0. The number of para-hydroxylation sites is 4. The minimum absolute atomic E-state index is 0.00188. The first-order valence-electron chi connectivity index (χ1n) is 46.7. The van der Waals surface area contributed by atoms with Crippen molar-refractivity contribution in [1.82, 2.24) is 13.7 Å². The van der Waals surface area contributed by atoms with Crippen molar-refractivity contribution < 1.29 is 15.4 Å². The second-order valence-electron chi connectivity index (χ2n) is 40.1. The van der Waals surface area contributed by atoms with Crippen LogP contribution < -0.4 is 26.2 Å². The van der Waals surface area contributed by atoms with Gasteiger partial charge in [-0.05, 0) is 237 Å². The number of furan rings is 1. The fourth-order valence-electron chi connectivity index (χ4n) is 19.2. The predicted octanol–water partition coefficient (Wildman–Crippen LogP) is 29.7. The first-order chi connectivity index (χ1) is 61.1. The molecule has 121 heavy (non-hydrogen) atoms. The first-order valence-corrected chi connectivity index (χ1v) is 42.7. The third-order valence-electron chi connectivity index (χ3n) is 25.9. The van der Waals surface area contributed by atoms with E-state index in [0.717, 1.165) is 139 Å². The Kier molecular flexibility index (Phi) is 14.9. The summed E-state index contributed by atoms with van der Waals surface area (Å²) >= 11 is 0. The molecule has 6 nitrogen and oxygen atoms in total. The highest BCUT2D eigenvalue weighted by molar-refractivity contribution is 7.00. The Labute approximate surface area is 723 Å². The van der Waals surface area contributed by atoms with Gasteiger partial charge in [0.2, 0.25) is 0 Å². The largest absolute Gasteiger partial charge is 0.452 e. The van der Waals surface area contributed by atoms with Crippen LogP contribution in [0.25, 0.3) is 138 Å². The third-order valence-corrected chi connectivity index (χ3v) is 25.9. The summed E-state index contributed by atoms with van der Waals surface area (Å²) < 4.78 is 89.6. The topological polar surface area (TPSA) is 34.4 Å². The van der Waals surface area contributed by atoms with Gasteiger partial charge in [-0.1, -0.05) is 306 Å². The van der Waals surface area contributed by atoms with Crippen LogP contribution in [0.1, 0.15) is 169 Å². The molecule has 6 heterocycles. The fourth-order valence-corrected chi connectivity index (χ4v) is 19.2. The van der Waals surface area contributed by atoms with E-state index in [1.807, 2.05) is 18.2 Å². The second-order valence-corrected chi connectivity index (χ2v) is 40.1. The Morgan fingerprint density at radius 2 is 0.636 bits per heavy atom. The van der Waals surface area contributed by atoms with Crippen molar-refractivity contribution >= 4 is 145 Å². The molecule has 0 fully saturated rings. The van der Waals surface area contributed by atoms with Crippen LogP contribution in [0.2, 0.25) is 0 Å². The Morgan fingerprint density at radius 3 is 1.10 bits per heavy atom. The second kappa shape index (κ2) is 26.8. The minimum atomic E-state index is -0.514. The number of hydrogen-bond acceptors (Lipinski definition) is 3. The van der Waals surface area contributed by atoms with Gasteiger partial charge in [0.25, 0.3) is 6.71 Å². The Hall–Kier alpha value is -12.8. The number of nitrogens with zero attached hydrogens (tertiary/aromatic N) is 5. The summed E-state index contributed by atoms with van der Waals surface area (Å²) in [5.74, 6) is 0. The monoisotopic (exact) mass is 1580 g/mol. The molecule has 2 aliphatic heterocycles. The van der Waals surface area contributed by atoms with Gasteiger partial charge < -0.3 is 27.9 Å². The van der Waals surface area contributed by atoms with Crippen molar-refractivity contribution in [2.24, 2.45) is 0 Å². The van der Waals surface area contributed by atoms with Gasteiger partial charge in [0, 0.05) is 77.2 Å². The molecule has 7 heteroatoms. The molecule has 15 aromatic carbocycles. The van der Waals surface area contributed by atoms with Crippen molar-refractivity contribution in [3.8, 4) is 50.4 Å². The van der Waals surface area contributed by atoms with E-state index in [1.165, 1.54) is 33.4 Å². The van der Waals surface area contributed by atoms with Crippen molar-refractivity contribution in [1.29, 1.82) is 0 Å². The average Bonchev–Trinajstić information content (AvgIpc) is 1.69.